The van der Waals surface area contributed by atoms with Crippen LogP contribution in [-0.4, -0.2) is 50.6 Å². The zero-order valence-electron chi connectivity index (χ0n) is 13.6. The first-order valence-corrected chi connectivity index (χ1v) is 7.88. The second kappa shape index (κ2) is 8.84. The van der Waals surface area contributed by atoms with Gasteiger partial charge in [0.1, 0.15) is 24.3 Å². The summed E-state index contributed by atoms with van der Waals surface area (Å²) in [6.07, 6.45) is -1.18. The number of anilines is 1. The van der Waals surface area contributed by atoms with E-state index in [0.29, 0.717) is 11.2 Å². The van der Waals surface area contributed by atoms with Crippen molar-refractivity contribution in [3.8, 4) is 0 Å². The van der Waals surface area contributed by atoms with Crippen LogP contribution >= 0.6 is 0 Å². The maximum atomic E-state index is 14.1. The first-order valence-electron chi connectivity index (χ1n) is 7.88. The van der Waals surface area contributed by atoms with E-state index in [9.17, 15) is 24.2 Å². The monoisotopic (exact) mass is 357 g/mol. The van der Waals surface area contributed by atoms with Crippen LogP contribution in [0.2, 0.25) is 0 Å². The summed E-state index contributed by atoms with van der Waals surface area (Å²) >= 11 is 0. The maximum absolute atomic E-state index is 14.1. The number of aliphatic hydroxyl groups is 2. The van der Waals surface area contributed by atoms with Gasteiger partial charge in [0.25, 0.3) is 0 Å². The topological polar surface area (TPSA) is 123 Å². The number of aromatic nitrogens is 2. The van der Waals surface area contributed by atoms with Gasteiger partial charge < -0.3 is 14.9 Å². The number of unbranched alkanes of at least 4 members (excludes halogenated alkanes) is 2. The summed E-state index contributed by atoms with van der Waals surface area (Å²) in [5.41, 5.74) is 1.35. The van der Waals surface area contributed by atoms with E-state index in [4.69, 9.17) is 9.57 Å². The van der Waals surface area contributed by atoms with Gasteiger partial charge in [0, 0.05) is 6.08 Å². The van der Waals surface area contributed by atoms with Crippen LogP contribution in [-0.2, 0) is 14.4 Å². The van der Waals surface area contributed by atoms with Gasteiger partial charge in [-0.1, -0.05) is 19.8 Å². The van der Waals surface area contributed by atoms with Crippen molar-refractivity contribution in [3.05, 3.63) is 28.6 Å². The van der Waals surface area contributed by atoms with Gasteiger partial charge in [0.15, 0.2) is 17.9 Å². The molecule has 1 aliphatic rings. The number of nitrogens with one attached hydrogen (secondary N) is 1. The Morgan fingerprint density at radius 3 is 2.92 bits per heavy atom. The smallest absolute Gasteiger partial charge is 0.351 e. The number of rotatable bonds is 8. The molecule has 0 saturated carbocycles. The molecule has 0 bridgehead atoms. The van der Waals surface area contributed by atoms with Gasteiger partial charge in [-0.3, -0.25) is 9.40 Å². The Morgan fingerprint density at radius 1 is 1.48 bits per heavy atom. The van der Waals surface area contributed by atoms with Crippen molar-refractivity contribution in [3.63, 3.8) is 0 Å². The molecule has 0 radical (unpaired) electrons. The van der Waals surface area contributed by atoms with Crippen molar-refractivity contribution in [1.82, 2.24) is 9.55 Å². The van der Waals surface area contributed by atoms with E-state index in [-0.39, 0.29) is 0 Å². The second-order valence-electron chi connectivity index (χ2n) is 5.54. The molecular weight excluding hydrogens is 337 g/mol. The van der Waals surface area contributed by atoms with Crippen molar-refractivity contribution >= 4 is 11.8 Å². The molecule has 0 aromatic carbocycles. The van der Waals surface area contributed by atoms with E-state index in [1.165, 1.54) is 5.94 Å². The van der Waals surface area contributed by atoms with Crippen LogP contribution in [0.5, 0.6) is 0 Å². The van der Waals surface area contributed by atoms with E-state index in [1.54, 1.807) is 0 Å². The van der Waals surface area contributed by atoms with Crippen molar-refractivity contribution in [2.45, 2.75) is 50.7 Å². The van der Waals surface area contributed by atoms with E-state index < -0.39 is 41.9 Å². The minimum absolute atomic E-state index is 0.328. The Labute approximate surface area is 142 Å². The molecule has 2 heterocycles. The minimum Gasteiger partial charge on any atom is -0.387 e. The van der Waals surface area contributed by atoms with E-state index >= 15 is 0 Å². The van der Waals surface area contributed by atoms with Crippen molar-refractivity contribution in [2.24, 2.45) is 0 Å². The highest BCUT2D eigenvalue weighted by atomic mass is 19.1. The number of nitrogens with zero attached hydrogens (tertiary/aromatic N) is 2. The summed E-state index contributed by atoms with van der Waals surface area (Å²) in [6, 6.07) is 0. The van der Waals surface area contributed by atoms with Crippen LogP contribution < -0.4 is 11.2 Å². The lowest BCUT2D eigenvalue weighted by Gasteiger charge is -2.17. The van der Waals surface area contributed by atoms with Gasteiger partial charge in [-0.05, 0) is 6.42 Å². The van der Waals surface area contributed by atoms with Gasteiger partial charge >= 0.3 is 5.69 Å². The summed E-state index contributed by atoms with van der Waals surface area (Å²) in [5, 5.41) is 19.7. The third-order valence-corrected chi connectivity index (χ3v) is 3.71. The second-order valence-corrected chi connectivity index (χ2v) is 5.54. The van der Waals surface area contributed by atoms with Gasteiger partial charge in [0.2, 0.25) is 0 Å². The number of ether oxygens (including phenoxy) is 1. The fourth-order valence-electron chi connectivity index (χ4n) is 2.36. The molecule has 2 rings (SSSR count). The Hall–Kier alpha value is -2.10. The summed E-state index contributed by atoms with van der Waals surface area (Å²) in [5.74, 6) is 0.130. The Kier molecular flexibility index (Phi) is 6.80. The van der Waals surface area contributed by atoms with E-state index in [0.717, 1.165) is 31.5 Å². The number of hydrogen-bond acceptors (Lipinski definition) is 8. The third-order valence-electron chi connectivity index (χ3n) is 3.71. The molecule has 1 fully saturated rings. The van der Waals surface area contributed by atoms with Crippen molar-refractivity contribution in [2.75, 3.05) is 12.1 Å². The predicted molar refractivity (Wildman–Crippen MR) is 83.7 cm³/mol. The molecule has 0 amide bonds. The van der Waals surface area contributed by atoms with Gasteiger partial charge in [0.05, 0.1) is 12.8 Å². The quantitative estimate of drug-likeness (QED) is 0.335. The lowest BCUT2D eigenvalue weighted by Crippen LogP contribution is -2.36. The van der Waals surface area contributed by atoms with Gasteiger partial charge in [-0.2, -0.15) is 4.98 Å². The SMILES string of the molecule is CCCCCONc1nc(=O)n([C@@H]2O[C@H](C=C=O)[C@@H](O)[C@H]2O)cc1F. The van der Waals surface area contributed by atoms with Crippen LogP contribution in [0, 0.1) is 5.82 Å². The van der Waals surface area contributed by atoms with Crippen molar-refractivity contribution in [1.29, 1.82) is 0 Å². The number of hydrogen-bond donors (Lipinski definition) is 3. The van der Waals surface area contributed by atoms with Gasteiger partial charge in [-0.25, -0.2) is 19.5 Å². The van der Waals surface area contributed by atoms with Gasteiger partial charge in [-0.15, -0.1) is 0 Å². The number of aliphatic hydroxyl groups excluding tert-OH is 2. The molecule has 138 valence electrons. The lowest BCUT2D eigenvalue weighted by atomic mass is 10.1. The lowest BCUT2D eigenvalue weighted by molar-refractivity contribution is -0.0300. The van der Waals surface area contributed by atoms with Crippen LogP contribution in [0.1, 0.15) is 32.4 Å². The largest absolute Gasteiger partial charge is 0.387 e. The predicted octanol–water partition coefficient (Wildman–Crippen LogP) is -0.0769. The zero-order chi connectivity index (χ0) is 18.4. The molecule has 1 aliphatic heterocycles. The average Bonchev–Trinajstić information content (AvgIpc) is 2.86. The highest BCUT2D eigenvalue weighted by Crippen LogP contribution is 2.29. The summed E-state index contributed by atoms with van der Waals surface area (Å²) in [6.45, 7) is 2.36. The first kappa shape index (κ1) is 19.2. The average molecular weight is 357 g/mol. The normalized spacial score (nSPS) is 25.6. The molecule has 25 heavy (non-hydrogen) atoms. The first-order chi connectivity index (χ1) is 12.0. The fourth-order valence-corrected chi connectivity index (χ4v) is 2.36. The molecule has 0 spiro atoms. The molecule has 4 atom stereocenters. The zero-order valence-corrected chi connectivity index (χ0v) is 13.6. The Balaban J connectivity index is 2.11. The highest BCUT2D eigenvalue weighted by molar-refractivity contribution is 5.46. The minimum atomic E-state index is -1.54. The molecule has 0 unspecified atom stereocenters. The van der Waals surface area contributed by atoms with Crippen LogP contribution in [0.25, 0.3) is 0 Å². The molecule has 10 heteroatoms. The molecule has 9 nitrogen and oxygen atoms in total. The Morgan fingerprint density at radius 2 is 2.24 bits per heavy atom. The molecule has 1 aromatic heterocycles. The fraction of sp³-hybridized carbons (Fsp3) is 0.600. The van der Waals surface area contributed by atoms with Crippen molar-refractivity contribution < 1.29 is 29.0 Å². The van der Waals surface area contributed by atoms with E-state index in [2.05, 4.69) is 10.5 Å². The number of halogens is 1. The highest BCUT2D eigenvalue weighted by Gasteiger charge is 2.43. The summed E-state index contributed by atoms with van der Waals surface area (Å²) in [4.78, 5) is 31.0. The summed E-state index contributed by atoms with van der Waals surface area (Å²) < 4.78 is 20.0. The molecular formula is C15H20FN3O6. The van der Waals surface area contributed by atoms with Crippen LogP contribution in [0.3, 0.4) is 0 Å². The maximum Gasteiger partial charge on any atom is 0.351 e. The molecule has 1 saturated heterocycles. The molecule has 0 aliphatic carbocycles. The van der Waals surface area contributed by atoms with Crippen LogP contribution in [0.4, 0.5) is 10.2 Å². The molecule has 1 aromatic rings. The standard InChI is InChI=1S/C15H20FN3O6/c1-2-3-4-7-24-18-13-9(16)8-19(15(23)17-13)14-12(22)11(21)10(25-14)5-6-20/h5,8,10-12,14,21-22H,2-4,7H2,1H3,(H,17,18,23)/t10-,11-,12-,14-/m1/s1. The third kappa shape index (κ3) is 4.50. The summed E-state index contributed by atoms with van der Waals surface area (Å²) in [7, 11) is 0. The Bertz CT molecular complexity index is 690. The molecule has 3 N–H and O–H groups in total. The van der Waals surface area contributed by atoms with E-state index in [1.807, 2.05) is 6.92 Å². The van der Waals surface area contributed by atoms with Crippen LogP contribution in [0.15, 0.2) is 17.1 Å². The number of carbonyl (C=O) groups excluding carboxylic acids is 1.